The molecule has 0 saturated heterocycles. The third kappa shape index (κ3) is 8.23. The predicted molar refractivity (Wildman–Crippen MR) is 83.2 cm³/mol. The van der Waals surface area contributed by atoms with Crippen molar-refractivity contribution in [3.05, 3.63) is 35.9 Å². The van der Waals surface area contributed by atoms with Gasteiger partial charge >= 0.3 is 5.97 Å². The van der Waals surface area contributed by atoms with Crippen LogP contribution in [0.15, 0.2) is 30.3 Å². The van der Waals surface area contributed by atoms with Crippen LogP contribution in [0.3, 0.4) is 0 Å². The van der Waals surface area contributed by atoms with Crippen molar-refractivity contribution < 1.29 is 19.1 Å². The van der Waals surface area contributed by atoms with Gasteiger partial charge in [-0.2, -0.15) is 0 Å². The smallest absolute Gasteiger partial charge is 0.325 e. The van der Waals surface area contributed by atoms with Crippen LogP contribution < -0.4 is 16.4 Å². The van der Waals surface area contributed by atoms with Gasteiger partial charge < -0.3 is 21.1 Å². The lowest BCUT2D eigenvalue weighted by molar-refractivity contribution is -0.145. The number of halogens is 1. The first-order chi connectivity index (χ1) is 9.99. The molecule has 0 aliphatic heterocycles. The van der Waals surface area contributed by atoms with Crippen LogP contribution >= 0.6 is 12.4 Å². The fraction of sp³-hybridized carbons (Fsp3) is 0.357. The molecule has 2 amide bonds. The minimum absolute atomic E-state index is 0. The summed E-state index contributed by atoms with van der Waals surface area (Å²) in [5.74, 6) is -1.47. The van der Waals surface area contributed by atoms with E-state index >= 15 is 0 Å². The van der Waals surface area contributed by atoms with Crippen molar-refractivity contribution in [1.29, 1.82) is 0 Å². The number of nitrogens with one attached hydrogen (secondary N) is 2. The van der Waals surface area contributed by atoms with E-state index in [-0.39, 0.29) is 32.1 Å². The maximum absolute atomic E-state index is 11.4. The van der Waals surface area contributed by atoms with Gasteiger partial charge in [0, 0.05) is 0 Å². The third-order valence-electron chi connectivity index (χ3n) is 2.51. The van der Waals surface area contributed by atoms with Gasteiger partial charge in [-0.3, -0.25) is 14.4 Å². The quantitative estimate of drug-likeness (QED) is 0.596. The molecular formula is C14H20ClN3O4. The van der Waals surface area contributed by atoms with Crippen molar-refractivity contribution >= 4 is 30.2 Å². The zero-order chi connectivity index (χ0) is 15.7. The zero-order valence-corrected chi connectivity index (χ0v) is 13.0. The van der Waals surface area contributed by atoms with E-state index in [9.17, 15) is 14.4 Å². The van der Waals surface area contributed by atoms with Gasteiger partial charge in [0.2, 0.25) is 11.8 Å². The molecule has 1 rings (SSSR count). The summed E-state index contributed by atoms with van der Waals surface area (Å²) >= 11 is 0. The Kier molecular flexibility index (Phi) is 9.56. The van der Waals surface area contributed by atoms with Crippen molar-refractivity contribution in [2.24, 2.45) is 5.73 Å². The molecule has 122 valence electrons. The molecule has 0 aliphatic rings. The largest absolute Gasteiger partial charge is 0.460 e. The molecule has 0 saturated carbocycles. The zero-order valence-electron chi connectivity index (χ0n) is 12.2. The fourth-order valence-electron chi connectivity index (χ4n) is 1.35. The standard InChI is InChI=1S/C14H19N3O4.ClH/c1-10(15)14(20)17-7-12(18)16-8-13(19)21-9-11-5-3-2-4-6-11;/h2-6,10H,7-9,15H2,1H3,(H,16,18)(H,17,20);1H/t10-;/m1./s1. The highest BCUT2D eigenvalue weighted by Crippen LogP contribution is 2.00. The van der Waals surface area contributed by atoms with E-state index in [1.54, 1.807) is 0 Å². The molecule has 8 heteroatoms. The van der Waals surface area contributed by atoms with Gasteiger partial charge in [-0.05, 0) is 12.5 Å². The monoisotopic (exact) mass is 329 g/mol. The predicted octanol–water partition coefficient (Wildman–Crippen LogP) is -0.269. The van der Waals surface area contributed by atoms with E-state index in [1.165, 1.54) is 6.92 Å². The molecule has 0 bridgehead atoms. The number of esters is 1. The fourth-order valence-corrected chi connectivity index (χ4v) is 1.35. The molecule has 0 aliphatic carbocycles. The number of hydrogen-bond donors (Lipinski definition) is 3. The molecule has 0 aromatic heterocycles. The highest BCUT2D eigenvalue weighted by molar-refractivity contribution is 5.88. The number of hydrogen-bond acceptors (Lipinski definition) is 5. The highest BCUT2D eigenvalue weighted by atomic mass is 35.5. The minimum Gasteiger partial charge on any atom is -0.460 e. The molecule has 1 aromatic carbocycles. The number of ether oxygens (including phenoxy) is 1. The molecule has 1 atom stereocenters. The summed E-state index contributed by atoms with van der Waals surface area (Å²) in [6.45, 7) is 1.18. The summed E-state index contributed by atoms with van der Waals surface area (Å²) in [5, 5.41) is 4.68. The van der Waals surface area contributed by atoms with E-state index < -0.39 is 23.8 Å². The van der Waals surface area contributed by atoms with Crippen LogP contribution in [-0.4, -0.2) is 36.9 Å². The van der Waals surface area contributed by atoms with E-state index in [4.69, 9.17) is 10.5 Å². The molecule has 0 unspecified atom stereocenters. The molecule has 0 radical (unpaired) electrons. The van der Waals surface area contributed by atoms with Gasteiger partial charge in [-0.1, -0.05) is 30.3 Å². The molecule has 7 nitrogen and oxygen atoms in total. The van der Waals surface area contributed by atoms with Crippen LogP contribution in [0.5, 0.6) is 0 Å². The van der Waals surface area contributed by atoms with Crippen molar-refractivity contribution in [2.75, 3.05) is 13.1 Å². The Balaban J connectivity index is 0.00000441. The minimum atomic E-state index is -0.686. The van der Waals surface area contributed by atoms with E-state index in [1.807, 2.05) is 30.3 Å². The summed E-state index contributed by atoms with van der Waals surface area (Å²) in [7, 11) is 0. The van der Waals surface area contributed by atoms with E-state index in [0.29, 0.717) is 0 Å². The Morgan fingerprint density at radius 2 is 1.77 bits per heavy atom. The van der Waals surface area contributed by atoms with Gasteiger partial charge in [-0.25, -0.2) is 0 Å². The molecule has 0 fully saturated rings. The first-order valence-corrected chi connectivity index (χ1v) is 6.48. The van der Waals surface area contributed by atoms with Crippen LogP contribution in [0.1, 0.15) is 12.5 Å². The average molecular weight is 330 g/mol. The highest BCUT2D eigenvalue weighted by Gasteiger charge is 2.10. The maximum atomic E-state index is 11.4. The van der Waals surface area contributed by atoms with Crippen LogP contribution in [0.2, 0.25) is 0 Å². The second-order valence-corrected chi connectivity index (χ2v) is 4.43. The summed E-state index contributed by atoms with van der Waals surface area (Å²) in [5.41, 5.74) is 6.18. The first-order valence-electron chi connectivity index (χ1n) is 6.48. The van der Waals surface area contributed by atoms with Gasteiger partial charge in [0.1, 0.15) is 13.2 Å². The van der Waals surface area contributed by atoms with Crippen LogP contribution in [0.4, 0.5) is 0 Å². The Morgan fingerprint density at radius 3 is 2.36 bits per heavy atom. The van der Waals surface area contributed by atoms with Crippen LogP contribution in [0.25, 0.3) is 0 Å². The molecule has 1 aromatic rings. The van der Waals surface area contributed by atoms with Crippen molar-refractivity contribution in [3.8, 4) is 0 Å². The van der Waals surface area contributed by atoms with Gasteiger partial charge in [0.05, 0.1) is 12.6 Å². The van der Waals surface area contributed by atoms with Gasteiger partial charge in [0.15, 0.2) is 0 Å². The number of benzene rings is 1. The lowest BCUT2D eigenvalue weighted by Gasteiger charge is -2.08. The van der Waals surface area contributed by atoms with Crippen molar-refractivity contribution in [1.82, 2.24) is 10.6 Å². The molecular weight excluding hydrogens is 310 g/mol. The Morgan fingerprint density at radius 1 is 1.14 bits per heavy atom. The average Bonchev–Trinajstić information content (AvgIpc) is 2.49. The number of nitrogens with two attached hydrogens (primary N) is 1. The molecule has 0 spiro atoms. The normalized spacial score (nSPS) is 10.8. The van der Waals surface area contributed by atoms with Crippen molar-refractivity contribution in [2.45, 2.75) is 19.6 Å². The molecule has 4 N–H and O–H groups in total. The third-order valence-corrected chi connectivity index (χ3v) is 2.51. The summed E-state index contributed by atoms with van der Waals surface area (Å²) in [4.78, 5) is 33.9. The second kappa shape index (κ2) is 10.6. The van der Waals surface area contributed by atoms with Crippen molar-refractivity contribution in [3.63, 3.8) is 0 Å². The number of carbonyl (C=O) groups excluding carboxylic acids is 3. The Labute approximate surface area is 135 Å². The Hall–Kier alpha value is -2.12. The maximum Gasteiger partial charge on any atom is 0.325 e. The second-order valence-electron chi connectivity index (χ2n) is 4.43. The van der Waals surface area contributed by atoms with Crippen LogP contribution in [-0.2, 0) is 25.7 Å². The summed E-state index contributed by atoms with van der Waals surface area (Å²) in [6.07, 6.45) is 0. The van der Waals surface area contributed by atoms with Gasteiger partial charge in [-0.15, -0.1) is 12.4 Å². The van der Waals surface area contributed by atoms with Gasteiger partial charge in [0.25, 0.3) is 0 Å². The SMILES string of the molecule is C[C@@H](N)C(=O)NCC(=O)NCC(=O)OCc1ccccc1.Cl. The lowest BCUT2D eigenvalue weighted by atomic mass is 10.2. The Bertz CT molecular complexity index is 494. The van der Waals surface area contributed by atoms with E-state index in [0.717, 1.165) is 5.56 Å². The molecule has 0 heterocycles. The molecule has 22 heavy (non-hydrogen) atoms. The topological polar surface area (TPSA) is 111 Å². The summed E-state index contributed by atoms with van der Waals surface area (Å²) < 4.78 is 4.98. The number of amides is 2. The number of carbonyl (C=O) groups is 3. The number of rotatable bonds is 7. The summed E-state index contributed by atoms with van der Waals surface area (Å²) in [6, 6.07) is 8.51. The first kappa shape index (κ1) is 19.9. The van der Waals surface area contributed by atoms with E-state index in [2.05, 4.69) is 10.6 Å². The lowest BCUT2D eigenvalue weighted by Crippen LogP contribution is -2.44. The van der Waals surface area contributed by atoms with Crippen LogP contribution in [0, 0.1) is 0 Å².